The molecule has 2 amide bonds. The summed E-state index contributed by atoms with van der Waals surface area (Å²) in [7, 11) is -3.32. The Morgan fingerprint density at radius 3 is 2.33 bits per heavy atom. The summed E-state index contributed by atoms with van der Waals surface area (Å²) in [6.45, 7) is 1.48. The van der Waals surface area contributed by atoms with E-state index >= 15 is 0 Å². The van der Waals surface area contributed by atoms with Gasteiger partial charge in [0.2, 0.25) is 6.41 Å². The molecule has 0 bridgehead atoms. The topological polar surface area (TPSA) is 96.4 Å². The molecule has 1 aromatic carbocycles. The molecule has 2 aliphatic rings. The Balaban J connectivity index is 0.000000351. The van der Waals surface area contributed by atoms with E-state index in [2.05, 4.69) is 10.3 Å². The van der Waals surface area contributed by atoms with Gasteiger partial charge in [-0.05, 0) is 49.8 Å². The van der Waals surface area contributed by atoms with E-state index in [-0.39, 0.29) is 47.7 Å². The van der Waals surface area contributed by atoms with Crippen LogP contribution in [0.3, 0.4) is 0 Å². The summed E-state index contributed by atoms with van der Waals surface area (Å²) in [5, 5.41) is 2.46. The lowest BCUT2D eigenvalue weighted by Gasteiger charge is -2.17. The largest absolute Gasteiger partial charge is 0.416 e. The zero-order valence-corrected chi connectivity index (χ0v) is 22.4. The molecule has 7 nitrogen and oxygen atoms in total. The Morgan fingerprint density at radius 2 is 1.83 bits per heavy atom. The Labute approximate surface area is 225 Å². The van der Waals surface area contributed by atoms with Crippen LogP contribution in [-0.4, -0.2) is 50.0 Å². The molecule has 1 saturated heterocycles. The van der Waals surface area contributed by atoms with Crippen molar-refractivity contribution in [1.82, 2.24) is 15.2 Å². The maximum Gasteiger partial charge on any atom is 0.416 e. The van der Waals surface area contributed by atoms with Gasteiger partial charge in [-0.25, -0.2) is 12.8 Å². The number of alkyl halides is 3. The summed E-state index contributed by atoms with van der Waals surface area (Å²) < 4.78 is 73.6. The van der Waals surface area contributed by atoms with E-state index in [0.29, 0.717) is 18.0 Å². The van der Waals surface area contributed by atoms with Crippen LogP contribution in [0.5, 0.6) is 0 Å². The lowest BCUT2D eigenvalue weighted by Crippen LogP contribution is -2.27. The van der Waals surface area contributed by atoms with Gasteiger partial charge in [-0.1, -0.05) is 6.07 Å². The third kappa shape index (κ3) is 7.85. The van der Waals surface area contributed by atoms with Crippen LogP contribution in [0.15, 0.2) is 41.6 Å². The predicted molar refractivity (Wildman–Crippen MR) is 136 cm³/mol. The number of carbonyl (C=O) groups excluding carboxylic acids is 2. The molecule has 200 valence electrons. The Bertz CT molecular complexity index is 1190. The summed E-state index contributed by atoms with van der Waals surface area (Å²) in [5.41, 5.74) is -0.572. The zero-order chi connectivity index (χ0) is 25.8. The van der Waals surface area contributed by atoms with Gasteiger partial charge < -0.3 is 10.2 Å². The van der Waals surface area contributed by atoms with Crippen molar-refractivity contribution in [3.63, 3.8) is 0 Å². The van der Waals surface area contributed by atoms with Crippen LogP contribution in [0.25, 0.3) is 0 Å². The van der Waals surface area contributed by atoms with Crippen LogP contribution >= 0.6 is 24.0 Å². The number of benzene rings is 1. The molecule has 1 saturated carbocycles. The smallest absolute Gasteiger partial charge is 0.351 e. The van der Waals surface area contributed by atoms with Gasteiger partial charge in [0, 0.05) is 38.7 Å². The number of halogens is 5. The first-order chi connectivity index (χ1) is 16.4. The Kier molecular flexibility index (Phi) is 10.2. The molecule has 1 aliphatic carbocycles. The highest BCUT2D eigenvalue weighted by Gasteiger charge is 2.36. The van der Waals surface area contributed by atoms with Gasteiger partial charge in [0.05, 0.1) is 22.1 Å². The first-order valence-corrected chi connectivity index (χ1v) is 12.8. The van der Waals surface area contributed by atoms with Crippen molar-refractivity contribution < 1.29 is 37.0 Å². The first-order valence-electron chi connectivity index (χ1n) is 10.9. The number of sulfone groups is 1. The van der Waals surface area contributed by atoms with Crippen LogP contribution in [0.4, 0.5) is 17.6 Å². The number of nitrogens with one attached hydrogen (secondary N) is 1. The molecule has 2 aromatic rings. The molecule has 2 fully saturated rings. The molecular weight excluding hydrogens is 617 g/mol. The van der Waals surface area contributed by atoms with E-state index in [4.69, 9.17) is 0 Å². The van der Waals surface area contributed by atoms with Crippen molar-refractivity contribution in [2.45, 2.75) is 42.8 Å². The summed E-state index contributed by atoms with van der Waals surface area (Å²) >= 11 is 0. The minimum absolute atomic E-state index is 0. The predicted octanol–water partition coefficient (Wildman–Crippen LogP) is 4.63. The molecule has 2 heterocycles. The van der Waals surface area contributed by atoms with Crippen LogP contribution in [0.2, 0.25) is 0 Å². The average molecular weight is 645 g/mol. The highest BCUT2D eigenvalue weighted by atomic mass is 127. The summed E-state index contributed by atoms with van der Waals surface area (Å²) in [4.78, 5) is 28.1. The standard InChI is InChI=1S/C12H11F4NO.C11H14N2O3S.HI.H2/c13-10-5-8(12(14,15)16)3-4-9(10)11(17-6-18)7-1-2-7;1-17(15,16)10-6-9(7-12-8-10)11(14)13-4-2-3-5-13;;/h3-7,11H,1-2H2,(H,17,18);6-8H,2-5H2,1H3;2*1H/t11-;;;/m1.../s1. The van der Waals surface area contributed by atoms with Crippen LogP contribution in [0.1, 0.15) is 54.6 Å². The molecular formula is C23H28F4IN3O4S. The third-order valence-corrected chi connectivity index (χ3v) is 6.86. The lowest BCUT2D eigenvalue weighted by atomic mass is 10.00. The van der Waals surface area contributed by atoms with E-state index < -0.39 is 33.4 Å². The molecule has 4 rings (SSSR count). The maximum absolute atomic E-state index is 13.7. The second kappa shape index (κ2) is 12.3. The van der Waals surface area contributed by atoms with Crippen molar-refractivity contribution in [3.05, 3.63) is 59.2 Å². The van der Waals surface area contributed by atoms with Crippen molar-refractivity contribution in [2.75, 3.05) is 19.3 Å². The van der Waals surface area contributed by atoms with Gasteiger partial charge in [-0.2, -0.15) is 13.2 Å². The van der Waals surface area contributed by atoms with E-state index in [1.54, 1.807) is 4.90 Å². The average Bonchev–Trinajstić information content (AvgIpc) is 3.49. The van der Waals surface area contributed by atoms with Crippen LogP contribution in [0, 0.1) is 11.7 Å². The molecule has 36 heavy (non-hydrogen) atoms. The van der Waals surface area contributed by atoms with Gasteiger partial charge in [0.25, 0.3) is 5.91 Å². The summed E-state index contributed by atoms with van der Waals surface area (Å²) in [5.74, 6) is -0.960. The molecule has 0 unspecified atom stereocenters. The lowest BCUT2D eigenvalue weighted by molar-refractivity contribution is -0.137. The highest BCUT2D eigenvalue weighted by Crippen LogP contribution is 2.42. The van der Waals surface area contributed by atoms with E-state index in [9.17, 15) is 35.6 Å². The molecule has 13 heteroatoms. The van der Waals surface area contributed by atoms with E-state index in [0.717, 1.165) is 57.2 Å². The Morgan fingerprint density at radius 1 is 1.19 bits per heavy atom. The first kappa shape index (κ1) is 29.9. The van der Waals surface area contributed by atoms with Crippen molar-refractivity contribution in [1.29, 1.82) is 0 Å². The summed E-state index contributed by atoms with van der Waals surface area (Å²) in [6.07, 6.45) is 3.35. The number of pyridine rings is 1. The number of rotatable bonds is 6. The highest BCUT2D eigenvalue weighted by molar-refractivity contribution is 14.0. The molecule has 1 aliphatic heterocycles. The van der Waals surface area contributed by atoms with Gasteiger partial charge in [0.1, 0.15) is 5.82 Å². The fourth-order valence-electron chi connectivity index (χ4n) is 3.78. The fourth-order valence-corrected chi connectivity index (χ4v) is 4.37. The second-order valence-corrected chi connectivity index (χ2v) is 10.5. The number of carbonyl (C=O) groups is 2. The number of nitrogens with zero attached hydrogens (tertiary/aromatic N) is 2. The summed E-state index contributed by atoms with van der Waals surface area (Å²) in [6, 6.07) is 3.25. The quantitative estimate of drug-likeness (QED) is 0.281. The minimum atomic E-state index is -4.56. The monoisotopic (exact) mass is 645 g/mol. The SMILES string of the molecule is CS(=O)(=O)c1cncc(C(=O)N2CCCC2)c1.I.O=CN[C@@H](c1ccc(C(F)(F)F)cc1F)C1CC1.[HH]. The van der Waals surface area contributed by atoms with Crippen LogP contribution < -0.4 is 5.32 Å². The fraction of sp³-hybridized carbons (Fsp3) is 0.435. The van der Waals surface area contributed by atoms with Gasteiger partial charge in [-0.15, -0.1) is 24.0 Å². The number of aromatic nitrogens is 1. The van der Waals surface area contributed by atoms with Crippen molar-refractivity contribution >= 4 is 46.1 Å². The number of hydrogen-bond donors (Lipinski definition) is 1. The minimum Gasteiger partial charge on any atom is -0.351 e. The van der Waals surface area contributed by atoms with E-state index in [1.807, 2.05) is 0 Å². The molecule has 0 spiro atoms. The van der Waals surface area contributed by atoms with E-state index in [1.165, 1.54) is 18.5 Å². The third-order valence-electron chi connectivity index (χ3n) is 5.79. The molecule has 0 radical (unpaired) electrons. The van der Waals surface area contributed by atoms with Crippen LogP contribution in [-0.2, 0) is 20.8 Å². The number of likely N-dealkylation sites (tertiary alicyclic amines) is 1. The normalized spacial score (nSPS) is 16.3. The van der Waals surface area contributed by atoms with Gasteiger partial charge in [0.15, 0.2) is 9.84 Å². The Hall–Kier alpha value is -2.29. The number of hydrogen-bond acceptors (Lipinski definition) is 5. The van der Waals surface area contributed by atoms with Crippen molar-refractivity contribution in [3.8, 4) is 0 Å². The second-order valence-electron chi connectivity index (χ2n) is 8.51. The van der Waals surface area contributed by atoms with Gasteiger partial charge >= 0.3 is 6.18 Å². The molecule has 1 atom stereocenters. The molecule has 1 aromatic heterocycles. The van der Waals surface area contributed by atoms with Gasteiger partial charge in [-0.3, -0.25) is 14.6 Å². The maximum atomic E-state index is 13.7. The zero-order valence-electron chi connectivity index (χ0n) is 19.3. The van der Waals surface area contributed by atoms with Crippen molar-refractivity contribution in [2.24, 2.45) is 5.92 Å². The number of amides is 2. The molecule has 1 N–H and O–H groups in total.